The van der Waals surface area contributed by atoms with Gasteiger partial charge in [0.05, 0.1) is 5.25 Å². The van der Waals surface area contributed by atoms with Crippen LogP contribution in [0.2, 0.25) is 0 Å². The molecule has 5 heteroatoms. The monoisotopic (exact) mass is 232 g/mol. The summed E-state index contributed by atoms with van der Waals surface area (Å²) in [6.07, 6.45) is 3.73. The van der Waals surface area contributed by atoms with Crippen LogP contribution in [0.3, 0.4) is 0 Å². The van der Waals surface area contributed by atoms with E-state index in [1.54, 1.807) is 0 Å². The molecule has 0 aromatic heterocycles. The highest BCUT2D eigenvalue weighted by Gasteiger charge is 2.44. The van der Waals surface area contributed by atoms with Gasteiger partial charge in [-0.05, 0) is 39.5 Å². The second-order valence-electron chi connectivity index (χ2n) is 5.11. The van der Waals surface area contributed by atoms with Gasteiger partial charge >= 0.3 is 0 Å². The fourth-order valence-electron chi connectivity index (χ4n) is 3.27. The van der Waals surface area contributed by atoms with Crippen LogP contribution in [0.15, 0.2) is 0 Å². The average Bonchev–Trinajstić information content (AvgIpc) is 2.35. The van der Waals surface area contributed by atoms with Crippen molar-refractivity contribution in [2.75, 3.05) is 0 Å². The standard InChI is InChI=1S/C10H20N2O2S/c1-7(2)12-8-3-4-9(12)6-10(5-8)15(11,13)14/h7-10H,3-6H2,1-2H3,(H2,11,13,14)/t8-,9+,10?. The number of rotatable bonds is 2. The lowest BCUT2D eigenvalue weighted by Crippen LogP contribution is -2.50. The van der Waals surface area contributed by atoms with E-state index >= 15 is 0 Å². The highest BCUT2D eigenvalue weighted by molar-refractivity contribution is 7.89. The van der Waals surface area contributed by atoms with Crippen LogP contribution in [0, 0.1) is 0 Å². The number of hydrogen-bond donors (Lipinski definition) is 1. The van der Waals surface area contributed by atoms with Crippen LogP contribution in [-0.4, -0.2) is 36.7 Å². The van der Waals surface area contributed by atoms with Crippen molar-refractivity contribution in [1.29, 1.82) is 0 Å². The van der Waals surface area contributed by atoms with E-state index < -0.39 is 10.0 Å². The molecule has 2 N–H and O–H groups in total. The lowest BCUT2D eigenvalue weighted by Gasteiger charge is -2.40. The van der Waals surface area contributed by atoms with Crippen molar-refractivity contribution < 1.29 is 8.42 Å². The highest BCUT2D eigenvalue weighted by Crippen LogP contribution is 2.38. The van der Waals surface area contributed by atoms with Crippen LogP contribution in [0.1, 0.15) is 39.5 Å². The summed E-state index contributed by atoms with van der Waals surface area (Å²) >= 11 is 0. The van der Waals surface area contributed by atoms with Crippen molar-refractivity contribution in [2.45, 2.75) is 62.9 Å². The zero-order valence-electron chi connectivity index (χ0n) is 9.39. The minimum Gasteiger partial charge on any atom is -0.295 e. The summed E-state index contributed by atoms with van der Waals surface area (Å²) in [6.45, 7) is 4.37. The molecular weight excluding hydrogens is 212 g/mol. The predicted octanol–water partition coefficient (Wildman–Crippen LogP) is 0.679. The van der Waals surface area contributed by atoms with Crippen LogP contribution in [0.4, 0.5) is 0 Å². The van der Waals surface area contributed by atoms with Gasteiger partial charge in [0, 0.05) is 18.1 Å². The Bertz CT molecular complexity index is 325. The molecule has 2 fully saturated rings. The molecule has 2 aliphatic heterocycles. The van der Waals surface area contributed by atoms with Gasteiger partial charge in [-0.15, -0.1) is 0 Å². The SMILES string of the molecule is CC(C)N1[C@@H]2CC[C@H]1CC(S(N)(=O)=O)C2. The number of nitrogens with zero attached hydrogens (tertiary/aromatic N) is 1. The summed E-state index contributed by atoms with van der Waals surface area (Å²) < 4.78 is 22.7. The molecule has 88 valence electrons. The summed E-state index contributed by atoms with van der Waals surface area (Å²) in [4.78, 5) is 2.47. The van der Waals surface area contributed by atoms with Gasteiger partial charge in [-0.25, -0.2) is 13.6 Å². The Kier molecular flexibility index (Phi) is 2.81. The number of primary sulfonamides is 1. The van der Waals surface area contributed by atoms with Crippen LogP contribution in [0.25, 0.3) is 0 Å². The van der Waals surface area contributed by atoms with Crippen LogP contribution >= 0.6 is 0 Å². The van der Waals surface area contributed by atoms with E-state index in [9.17, 15) is 8.42 Å². The lowest BCUT2D eigenvalue weighted by molar-refractivity contribution is 0.106. The molecule has 0 aromatic rings. The first-order valence-electron chi connectivity index (χ1n) is 5.68. The van der Waals surface area contributed by atoms with Gasteiger partial charge in [-0.1, -0.05) is 0 Å². The Morgan fingerprint density at radius 2 is 1.67 bits per heavy atom. The van der Waals surface area contributed by atoms with Gasteiger partial charge in [-0.3, -0.25) is 4.90 Å². The van der Waals surface area contributed by atoms with Gasteiger partial charge in [0.2, 0.25) is 10.0 Å². The largest absolute Gasteiger partial charge is 0.295 e. The molecule has 15 heavy (non-hydrogen) atoms. The topological polar surface area (TPSA) is 63.4 Å². The average molecular weight is 232 g/mol. The molecule has 1 unspecified atom stereocenters. The van der Waals surface area contributed by atoms with Crippen LogP contribution < -0.4 is 5.14 Å². The molecule has 0 radical (unpaired) electrons. The molecule has 2 aliphatic rings. The molecule has 2 rings (SSSR count). The Balaban J connectivity index is 2.15. The van der Waals surface area contributed by atoms with E-state index in [1.165, 1.54) is 0 Å². The maximum Gasteiger partial charge on any atom is 0.212 e. The van der Waals surface area contributed by atoms with Gasteiger partial charge in [0.15, 0.2) is 0 Å². The van der Waals surface area contributed by atoms with Gasteiger partial charge in [0.1, 0.15) is 0 Å². The van der Waals surface area contributed by atoms with Crippen LogP contribution in [-0.2, 0) is 10.0 Å². The smallest absolute Gasteiger partial charge is 0.212 e. The fourth-order valence-corrected chi connectivity index (χ4v) is 4.26. The molecule has 3 atom stereocenters. The molecule has 0 aliphatic carbocycles. The fraction of sp³-hybridized carbons (Fsp3) is 1.00. The third-order valence-corrected chi connectivity index (χ3v) is 5.12. The Labute approximate surface area is 91.9 Å². The number of sulfonamides is 1. The van der Waals surface area contributed by atoms with E-state index in [0.29, 0.717) is 18.1 Å². The van der Waals surface area contributed by atoms with Gasteiger partial charge < -0.3 is 0 Å². The summed E-state index contributed by atoms with van der Waals surface area (Å²) in [5.41, 5.74) is 0. The molecule has 2 saturated heterocycles. The zero-order valence-corrected chi connectivity index (χ0v) is 10.2. The summed E-state index contributed by atoms with van der Waals surface area (Å²) in [5, 5.41) is 4.94. The molecule has 0 amide bonds. The molecule has 0 spiro atoms. The summed E-state index contributed by atoms with van der Waals surface area (Å²) in [7, 11) is -3.33. The molecule has 0 saturated carbocycles. The van der Waals surface area contributed by atoms with Crippen molar-refractivity contribution >= 4 is 10.0 Å². The van der Waals surface area contributed by atoms with E-state index in [2.05, 4.69) is 18.7 Å². The number of hydrogen-bond acceptors (Lipinski definition) is 3. The Hall–Kier alpha value is -0.130. The van der Waals surface area contributed by atoms with E-state index in [-0.39, 0.29) is 5.25 Å². The normalized spacial score (nSPS) is 37.5. The Morgan fingerprint density at radius 3 is 2.00 bits per heavy atom. The van der Waals surface area contributed by atoms with Crippen molar-refractivity contribution in [3.8, 4) is 0 Å². The molecule has 2 heterocycles. The quantitative estimate of drug-likeness (QED) is 0.761. The van der Waals surface area contributed by atoms with Crippen molar-refractivity contribution in [2.24, 2.45) is 5.14 Å². The predicted molar refractivity (Wildman–Crippen MR) is 59.9 cm³/mol. The summed E-state index contributed by atoms with van der Waals surface area (Å²) in [5.74, 6) is 0. The second-order valence-corrected chi connectivity index (χ2v) is 6.95. The van der Waals surface area contributed by atoms with E-state index in [0.717, 1.165) is 25.7 Å². The Morgan fingerprint density at radius 1 is 1.20 bits per heavy atom. The van der Waals surface area contributed by atoms with Gasteiger partial charge in [0.25, 0.3) is 0 Å². The van der Waals surface area contributed by atoms with Crippen molar-refractivity contribution in [3.63, 3.8) is 0 Å². The first-order chi connectivity index (χ1) is 6.89. The van der Waals surface area contributed by atoms with Gasteiger partial charge in [-0.2, -0.15) is 0 Å². The zero-order chi connectivity index (χ0) is 11.2. The number of nitrogens with two attached hydrogens (primary N) is 1. The maximum atomic E-state index is 11.3. The van der Waals surface area contributed by atoms with E-state index in [4.69, 9.17) is 5.14 Å². The third kappa shape index (κ3) is 2.05. The second kappa shape index (κ2) is 3.71. The van der Waals surface area contributed by atoms with Crippen molar-refractivity contribution in [3.05, 3.63) is 0 Å². The van der Waals surface area contributed by atoms with E-state index in [1.807, 2.05) is 0 Å². The minimum absolute atomic E-state index is 0.301. The first-order valence-corrected chi connectivity index (χ1v) is 7.29. The van der Waals surface area contributed by atoms with Crippen molar-refractivity contribution in [1.82, 2.24) is 4.90 Å². The lowest BCUT2D eigenvalue weighted by atomic mass is 10.0. The number of fused-ring (bicyclic) bond motifs is 2. The highest BCUT2D eigenvalue weighted by atomic mass is 32.2. The summed E-state index contributed by atoms with van der Waals surface area (Å²) in [6, 6.07) is 1.39. The molecule has 0 aromatic carbocycles. The minimum atomic E-state index is -3.33. The first kappa shape index (κ1) is 11.4. The maximum absolute atomic E-state index is 11.3. The molecule has 4 nitrogen and oxygen atoms in total. The third-order valence-electron chi connectivity index (χ3n) is 3.81. The molecular formula is C10H20N2O2S. The molecule has 2 bridgehead atoms. The van der Waals surface area contributed by atoms with Crippen LogP contribution in [0.5, 0.6) is 0 Å². The number of piperidine rings is 1.